The van der Waals surface area contributed by atoms with Gasteiger partial charge >= 0.3 is 0 Å². The van der Waals surface area contributed by atoms with E-state index in [0.29, 0.717) is 11.3 Å². The van der Waals surface area contributed by atoms with Crippen LogP contribution in [0.4, 0.5) is 0 Å². The monoisotopic (exact) mass is 261 g/mol. The summed E-state index contributed by atoms with van der Waals surface area (Å²) in [4.78, 5) is 4.02. The molecule has 1 atom stereocenters. The summed E-state index contributed by atoms with van der Waals surface area (Å²) in [5.74, 6) is 1.30. The summed E-state index contributed by atoms with van der Waals surface area (Å²) in [5, 5.41) is 10.4. The van der Waals surface area contributed by atoms with Gasteiger partial charge in [0.15, 0.2) is 0 Å². The average Bonchev–Trinajstić information content (AvgIpc) is 2.39. The Morgan fingerprint density at radius 2 is 1.74 bits per heavy atom. The normalized spacial score (nSPS) is 26.1. The molecular weight excluding hydrogens is 234 g/mol. The first-order chi connectivity index (χ1) is 8.97. The molecule has 0 aromatic carbocycles. The van der Waals surface area contributed by atoms with Crippen LogP contribution >= 0.6 is 0 Å². The lowest BCUT2D eigenvalue weighted by Gasteiger charge is -2.38. The number of aliphatic hydroxyl groups excluding tert-OH is 1. The van der Waals surface area contributed by atoms with Gasteiger partial charge in [0.2, 0.25) is 0 Å². The molecule has 2 nitrogen and oxygen atoms in total. The van der Waals surface area contributed by atoms with Crippen LogP contribution in [0.3, 0.4) is 0 Å². The molecule has 1 aromatic heterocycles. The molecule has 106 valence electrons. The van der Waals surface area contributed by atoms with Gasteiger partial charge in [-0.1, -0.05) is 20.8 Å². The lowest BCUT2D eigenvalue weighted by molar-refractivity contribution is 0.0537. The maximum Gasteiger partial charge on any atom is 0.0608 e. The van der Waals surface area contributed by atoms with Crippen molar-refractivity contribution in [3.8, 4) is 0 Å². The molecule has 0 spiro atoms. The van der Waals surface area contributed by atoms with Gasteiger partial charge in [0.1, 0.15) is 0 Å². The highest BCUT2D eigenvalue weighted by molar-refractivity contribution is 5.11. The third-order valence-electron chi connectivity index (χ3n) is 4.73. The standard InChI is InChI=1S/C17H27NO/c1-17(2,3)15-6-4-14(5-7-15)16(19)12-13-8-10-18-11-9-13/h8-11,14-16,19H,4-7,12H2,1-3H3. The van der Waals surface area contributed by atoms with Crippen LogP contribution < -0.4 is 0 Å². The third-order valence-corrected chi connectivity index (χ3v) is 4.73. The van der Waals surface area contributed by atoms with Crippen molar-refractivity contribution in [3.63, 3.8) is 0 Å². The van der Waals surface area contributed by atoms with E-state index in [1.165, 1.54) is 31.2 Å². The summed E-state index contributed by atoms with van der Waals surface area (Å²) in [7, 11) is 0. The molecule has 1 aliphatic rings. The van der Waals surface area contributed by atoms with Crippen LogP contribution in [-0.4, -0.2) is 16.2 Å². The van der Waals surface area contributed by atoms with E-state index in [9.17, 15) is 5.11 Å². The Bertz CT molecular complexity index is 374. The molecule has 1 saturated carbocycles. The van der Waals surface area contributed by atoms with Gasteiger partial charge in [-0.05, 0) is 67.1 Å². The smallest absolute Gasteiger partial charge is 0.0608 e. The van der Waals surface area contributed by atoms with Crippen molar-refractivity contribution in [1.82, 2.24) is 4.98 Å². The van der Waals surface area contributed by atoms with Gasteiger partial charge in [0, 0.05) is 12.4 Å². The molecular formula is C17H27NO. The Morgan fingerprint density at radius 3 is 2.26 bits per heavy atom. The van der Waals surface area contributed by atoms with Gasteiger partial charge in [-0.25, -0.2) is 0 Å². The fourth-order valence-corrected chi connectivity index (χ4v) is 3.30. The molecule has 1 unspecified atom stereocenters. The Balaban J connectivity index is 1.84. The number of aliphatic hydroxyl groups is 1. The maximum absolute atomic E-state index is 10.4. The summed E-state index contributed by atoms with van der Waals surface area (Å²) in [6.45, 7) is 7.02. The largest absolute Gasteiger partial charge is 0.392 e. The van der Waals surface area contributed by atoms with Crippen LogP contribution in [0.25, 0.3) is 0 Å². The molecule has 0 radical (unpaired) electrons. The van der Waals surface area contributed by atoms with Crippen molar-refractivity contribution < 1.29 is 5.11 Å². The SMILES string of the molecule is CC(C)(C)C1CCC(C(O)Cc2ccncc2)CC1. The first kappa shape index (κ1) is 14.5. The van der Waals surface area contributed by atoms with Crippen LogP contribution in [0.1, 0.15) is 52.0 Å². The Morgan fingerprint density at radius 1 is 1.16 bits per heavy atom. The number of nitrogens with zero attached hydrogens (tertiary/aromatic N) is 1. The van der Waals surface area contributed by atoms with Gasteiger partial charge in [-0.15, -0.1) is 0 Å². The van der Waals surface area contributed by atoms with E-state index in [-0.39, 0.29) is 6.10 Å². The summed E-state index contributed by atoms with van der Waals surface area (Å²) in [5.41, 5.74) is 1.61. The van der Waals surface area contributed by atoms with E-state index in [1.807, 2.05) is 12.1 Å². The van der Waals surface area contributed by atoms with Crippen molar-refractivity contribution in [2.24, 2.45) is 17.3 Å². The maximum atomic E-state index is 10.4. The minimum atomic E-state index is -0.191. The molecule has 0 amide bonds. The summed E-state index contributed by atoms with van der Waals surface area (Å²) < 4.78 is 0. The fourth-order valence-electron chi connectivity index (χ4n) is 3.30. The van der Waals surface area contributed by atoms with Crippen molar-refractivity contribution >= 4 is 0 Å². The second-order valence-electron chi connectivity index (χ2n) is 7.10. The van der Waals surface area contributed by atoms with Crippen LogP contribution in [0.5, 0.6) is 0 Å². The number of aromatic nitrogens is 1. The molecule has 1 aromatic rings. The van der Waals surface area contributed by atoms with Crippen molar-refractivity contribution in [3.05, 3.63) is 30.1 Å². The number of hydrogen-bond acceptors (Lipinski definition) is 2. The van der Waals surface area contributed by atoms with Gasteiger partial charge in [-0.2, -0.15) is 0 Å². The zero-order valence-corrected chi connectivity index (χ0v) is 12.5. The van der Waals surface area contributed by atoms with Crippen molar-refractivity contribution in [1.29, 1.82) is 0 Å². The van der Waals surface area contributed by atoms with E-state index in [1.54, 1.807) is 12.4 Å². The topological polar surface area (TPSA) is 33.1 Å². The first-order valence-corrected chi connectivity index (χ1v) is 7.54. The van der Waals surface area contributed by atoms with Gasteiger partial charge in [-0.3, -0.25) is 4.98 Å². The first-order valence-electron chi connectivity index (χ1n) is 7.54. The van der Waals surface area contributed by atoms with Gasteiger partial charge in [0.25, 0.3) is 0 Å². The van der Waals surface area contributed by atoms with Gasteiger partial charge in [0.05, 0.1) is 6.10 Å². The predicted molar refractivity (Wildman–Crippen MR) is 78.9 cm³/mol. The minimum absolute atomic E-state index is 0.191. The number of hydrogen-bond donors (Lipinski definition) is 1. The predicted octanol–water partition coefficient (Wildman–Crippen LogP) is 3.84. The molecule has 2 heteroatoms. The molecule has 19 heavy (non-hydrogen) atoms. The summed E-state index contributed by atoms with van der Waals surface area (Å²) in [6, 6.07) is 4.01. The lowest BCUT2D eigenvalue weighted by Crippen LogP contribution is -2.31. The molecule has 0 bridgehead atoms. The molecule has 2 rings (SSSR count). The van der Waals surface area contributed by atoms with Crippen molar-refractivity contribution in [2.75, 3.05) is 0 Å². The van der Waals surface area contributed by atoms with E-state index < -0.39 is 0 Å². The van der Waals surface area contributed by atoms with Crippen LogP contribution in [-0.2, 0) is 6.42 Å². The highest BCUT2D eigenvalue weighted by Crippen LogP contribution is 2.40. The molecule has 1 heterocycles. The van der Waals surface area contributed by atoms with E-state index in [4.69, 9.17) is 0 Å². The lowest BCUT2D eigenvalue weighted by atomic mass is 9.68. The Hall–Kier alpha value is -0.890. The van der Waals surface area contributed by atoms with Crippen LogP contribution in [0.15, 0.2) is 24.5 Å². The Kier molecular flexibility index (Phi) is 4.62. The number of pyridine rings is 1. The van der Waals surface area contributed by atoms with Crippen LogP contribution in [0, 0.1) is 17.3 Å². The highest BCUT2D eigenvalue weighted by atomic mass is 16.3. The zero-order chi connectivity index (χ0) is 13.9. The fraction of sp³-hybridized carbons (Fsp3) is 0.706. The van der Waals surface area contributed by atoms with Crippen molar-refractivity contribution in [2.45, 2.75) is 59.0 Å². The quantitative estimate of drug-likeness (QED) is 0.897. The summed E-state index contributed by atoms with van der Waals surface area (Å²) >= 11 is 0. The molecule has 1 N–H and O–H groups in total. The third kappa shape index (κ3) is 4.04. The second kappa shape index (κ2) is 6.04. The molecule has 0 saturated heterocycles. The minimum Gasteiger partial charge on any atom is -0.392 e. The summed E-state index contributed by atoms with van der Waals surface area (Å²) in [6.07, 6.45) is 9.07. The zero-order valence-electron chi connectivity index (χ0n) is 12.5. The second-order valence-corrected chi connectivity index (χ2v) is 7.10. The van der Waals surface area contributed by atoms with Gasteiger partial charge < -0.3 is 5.11 Å². The average molecular weight is 261 g/mol. The molecule has 0 aliphatic heterocycles. The molecule has 1 aliphatic carbocycles. The molecule has 1 fully saturated rings. The van der Waals surface area contributed by atoms with E-state index in [2.05, 4.69) is 25.8 Å². The Labute approximate surface area is 117 Å². The van der Waals surface area contributed by atoms with E-state index in [0.717, 1.165) is 12.3 Å². The van der Waals surface area contributed by atoms with E-state index >= 15 is 0 Å². The highest BCUT2D eigenvalue weighted by Gasteiger charge is 2.32. The van der Waals surface area contributed by atoms with Crippen LogP contribution in [0.2, 0.25) is 0 Å². The number of rotatable bonds is 3.